The molecule has 1 aliphatic heterocycles. The molecule has 0 atom stereocenters. The molecule has 0 saturated carbocycles. The van der Waals surface area contributed by atoms with Crippen LogP contribution >= 0.6 is 0 Å². The van der Waals surface area contributed by atoms with Crippen LogP contribution in [0.2, 0.25) is 0 Å². The molecule has 0 radical (unpaired) electrons. The zero-order chi connectivity index (χ0) is 23.4. The molecule has 3 rings (SSSR count). The van der Waals surface area contributed by atoms with Crippen molar-refractivity contribution >= 4 is 17.7 Å². The van der Waals surface area contributed by atoms with E-state index in [2.05, 4.69) is 5.10 Å². The monoisotopic (exact) mass is 437 g/mol. The largest absolute Gasteiger partial charge is 0.497 e. The third kappa shape index (κ3) is 4.41. The molecule has 0 aliphatic carbocycles. The molecule has 168 valence electrons. The number of nitrogens with zero attached hydrogens (tertiary/aromatic N) is 4. The van der Waals surface area contributed by atoms with Gasteiger partial charge < -0.3 is 20.3 Å². The molecule has 3 amide bonds. The van der Waals surface area contributed by atoms with Crippen molar-refractivity contribution in [2.24, 2.45) is 5.73 Å². The van der Waals surface area contributed by atoms with E-state index in [-0.39, 0.29) is 17.5 Å². The van der Waals surface area contributed by atoms with E-state index >= 15 is 0 Å². The minimum Gasteiger partial charge on any atom is -0.497 e. The first-order valence-electron chi connectivity index (χ1n) is 10.2. The number of benzene rings is 1. The summed E-state index contributed by atoms with van der Waals surface area (Å²) >= 11 is 0. The second-order valence-electron chi connectivity index (χ2n) is 7.37. The smallest absolute Gasteiger partial charge is 0.277 e. The molecule has 32 heavy (non-hydrogen) atoms. The SMILES string of the molecule is C/C=C(\C=C/CN(C)C(C)=O)N1CCc2c(C(N)=O)nn(-c3ccc(OC)cc3)c2C1=O. The van der Waals surface area contributed by atoms with Crippen LogP contribution in [0.25, 0.3) is 5.69 Å². The Kier molecular flexibility index (Phi) is 6.77. The van der Waals surface area contributed by atoms with E-state index in [0.29, 0.717) is 47.9 Å². The number of ether oxygens (including phenoxy) is 1. The number of allylic oxidation sites excluding steroid dienone is 2. The molecule has 2 N–H and O–H groups in total. The van der Waals surface area contributed by atoms with Crippen molar-refractivity contribution in [1.82, 2.24) is 19.6 Å². The summed E-state index contributed by atoms with van der Waals surface area (Å²) in [6.45, 7) is 4.14. The summed E-state index contributed by atoms with van der Waals surface area (Å²) in [6, 6.07) is 7.03. The number of aromatic nitrogens is 2. The number of methoxy groups -OCH3 is 1. The average Bonchev–Trinajstić information content (AvgIpc) is 3.18. The third-order valence-corrected chi connectivity index (χ3v) is 5.38. The van der Waals surface area contributed by atoms with Crippen molar-refractivity contribution < 1.29 is 19.1 Å². The maximum absolute atomic E-state index is 13.5. The van der Waals surface area contributed by atoms with Gasteiger partial charge in [0.25, 0.3) is 11.8 Å². The van der Waals surface area contributed by atoms with Crippen LogP contribution in [0.5, 0.6) is 5.75 Å². The van der Waals surface area contributed by atoms with E-state index in [1.165, 1.54) is 11.6 Å². The number of carbonyl (C=O) groups excluding carboxylic acids is 3. The summed E-state index contributed by atoms with van der Waals surface area (Å²) in [5.74, 6) is -0.333. The van der Waals surface area contributed by atoms with Gasteiger partial charge in [-0.05, 0) is 43.7 Å². The highest BCUT2D eigenvalue weighted by molar-refractivity contribution is 6.02. The van der Waals surface area contributed by atoms with E-state index in [1.54, 1.807) is 48.2 Å². The maximum Gasteiger partial charge on any atom is 0.277 e. The van der Waals surface area contributed by atoms with Gasteiger partial charge in [0.15, 0.2) is 5.69 Å². The molecule has 2 aromatic rings. The number of primary amides is 1. The summed E-state index contributed by atoms with van der Waals surface area (Å²) in [6.07, 6.45) is 5.91. The Morgan fingerprint density at radius 2 is 1.97 bits per heavy atom. The van der Waals surface area contributed by atoms with Gasteiger partial charge in [-0.1, -0.05) is 12.2 Å². The highest BCUT2D eigenvalue weighted by atomic mass is 16.5. The van der Waals surface area contributed by atoms with Crippen LogP contribution in [-0.2, 0) is 11.2 Å². The van der Waals surface area contributed by atoms with E-state index in [0.717, 1.165) is 0 Å². The fourth-order valence-electron chi connectivity index (χ4n) is 3.52. The number of amides is 3. The molecule has 1 aromatic carbocycles. The molecule has 0 spiro atoms. The zero-order valence-corrected chi connectivity index (χ0v) is 18.7. The van der Waals surface area contributed by atoms with Crippen LogP contribution in [0.1, 0.15) is 40.4 Å². The Morgan fingerprint density at radius 1 is 1.28 bits per heavy atom. The quantitative estimate of drug-likeness (QED) is 0.666. The zero-order valence-electron chi connectivity index (χ0n) is 18.7. The van der Waals surface area contributed by atoms with Crippen molar-refractivity contribution in [1.29, 1.82) is 0 Å². The summed E-state index contributed by atoms with van der Waals surface area (Å²) in [4.78, 5) is 40.1. The normalized spacial score (nSPS) is 13.9. The summed E-state index contributed by atoms with van der Waals surface area (Å²) in [7, 11) is 3.27. The van der Waals surface area contributed by atoms with Crippen LogP contribution in [-0.4, -0.2) is 64.5 Å². The highest BCUT2D eigenvalue weighted by Crippen LogP contribution is 2.28. The van der Waals surface area contributed by atoms with Crippen molar-refractivity contribution in [3.8, 4) is 11.4 Å². The molecular weight excluding hydrogens is 410 g/mol. The first kappa shape index (κ1) is 22.8. The van der Waals surface area contributed by atoms with Gasteiger partial charge in [-0.3, -0.25) is 14.4 Å². The number of hydrogen-bond acceptors (Lipinski definition) is 5. The fraction of sp³-hybridized carbons (Fsp3) is 0.304. The van der Waals surface area contributed by atoms with Crippen LogP contribution in [0.4, 0.5) is 0 Å². The van der Waals surface area contributed by atoms with Gasteiger partial charge in [0, 0.05) is 38.3 Å². The molecular formula is C23H27N5O4. The van der Waals surface area contributed by atoms with Gasteiger partial charge in [-0.2, -0.15) is 5.10 Å². The first-order valence-corrected chi connectivity index (χ1v) is 10.2. The maximum atomic E-state index is 13.5. The average molecular weight is 438 g/mol. The van der Waals surface area contributed by atoms with Crippen molar-refractivity contribution in [3.05, 3.63) is 65.1 Å². The van der Waals surface area contributed by atoms with E-state index in [9.17, 15) is 14.4 Å². The molecule has 0 saturated heterocycles. The predicted molar refractivity (Wildman–Crippen MR) is 120 cm³/mol. The molecule has 9 nitrogen and oxygen atoms in total. The lowest BCUT2D eigenvalue weighted by Gasteiger charge is -2.28. The number of likely N-dealkylation sites (N-methyl/N-ethyl adjacent to an activating group) is 1. The molecule has 9 heteroatoms. The Hall–Kier alpha value is -3.88. The fourth-order valence-corrected chi connectivity index (χ4v) is 3.52. The second kappa shape index (κ2) is 9.51. The van der Waals surface area contributed by atoms with E-state index in [4.69, 9.17) is 10.5 Å². The summed E-state index contributed by atoms with van der Waals surface area (Å²) < 4.78 is 6.66. The van der Waals surface area contributed by atoms with Gasteiger partial charge in [-0.25, -0.2) is 4.68 Å². The van der Waals surface area contributed by atoms with E-state index in [1.807, 2.05) is 25.2 Å². The lowest BCUT2D eigenvalue weighted by Crippen LogP contribution is -2.38. The molecule has 0 unspecified atom stereocenters. The molecule has 0 bridgehead atoms. The second-order valence-corrected chi connectivity index (χ2v) is 7.37. The van der Waals surface area contributed by atoms with Gasteiger partial charge in [0.2, 0.25) is 5.91 Å². The lowest BCUT2D eigenvalue weighted by molar-refractivity contribution is -0.127. The van der Waals surface area contributed by atoms with Gasteiger partial charge in [0.05, 0.1) is 12.8 Å². The minimum absolute atomic E-state index is 0.0438. The van der Waals surface area contributed by atoms with Gasteiger partial charge in [-0.15, -0.1) is 0 Å². The van der Waals surface area contributed by atoms with E-state index < -0.39 is 5.91 Å². The molecule has 1 aliphatic rings. The number of rotatable bonds is 7. The Balaban J connectivity index is 1.98. The molecule has 0 fully saturated rings. The third-order valence-electron chi connectivity index (χ3n) is 5.38. The van der Waals surface area contributed by atoms with Crippen molar-refractivity contribution in [2.45, 2.75) is 20.3 Å². The van der Waals surface area contributed by atoms with Crippen molar-refractivity contribution in [2.75, 3.05) is 27.2 Å². The first-order chi connectivity index (χ1) is 15.3. The Bertz CT molecular complexity index is 1100. The number of fused-ring (bicyclic) bond motifs is 1. The molecule has 2 heterocycles. The van der Waals surface area contributed by atoms with Gasteiger partial charge >= 0.3 is 0 Å². The van der Waals surface area contributed by atoms with Crippen LogP contribution in [0.3, 0.4) is 0 Å². The summed E-state index contributed by atoms with van der Waals surface area (Å²) in [5.41, 5.74) is 7.81. The number of carbonyl (C=O) groups is 3. The van der Waals surface area contributed by atoms with Crippen molar-refractivity contribution in [3.63, 3.8) is 0 Å². The Morgan fingerprint density at radius 3 is 2.53 bits per heavy atom. The Labute approximate surface area is 186 Å². The lowest BCUT2D eigenvalue weighted by atomic mass is 10.0. The standard InChI is InChI=1S/C23H27N5O4/c1-5-16(7-6-13-26(3)15(2)29)27-14-12-19-20(22(24)30)25-28(21(19)23(27)31)17-8-10-18(32-4)11-9-17/h5-11H,12-14H2,1-4H3,(H2,24,30)/b7-6-,16-5+. The van der Waals surface area contributed by atoms with Crippen LogP contribution < -0.4 is 10.5 Å². The van der Waals surface area contributed by atoms with Crippen LogP contribution in [0, 0.1) is 0 Å². The number of nitrogens with two attached hydrogens (primary N) is 1. The number of hydrogen-bond donors (Lipinski definition) is 1. The van der Waals surface area contributed by atoms with Gasteiger partial charge in [0.1, 0.15) is 11.4 Å². The summed E-state index contributed by atoms with van der Waals surface area (Å²) in [5, 5.41) is 4.36. The minimum atomic E-state index is -0.673. The highest BCUT2D eigenvalue weighted by Gasteiger charge is 2.34. The van der Waals surface area contributed by atoms with Crippen LogP contribution in [0.15, 0.2) is 48.2 Å². The molecule has 1 aromatic heterocycles. The predicted octanol–water partition coefficient (Wildman–Crippen LogP) is 1.92. The topological polar surface area (TPSA) is 111 Å².